The molecule has 0 aromatic carbocycles. The topological polar surface area (TPSA) is 129 Å². The molecule has 1 amide bonds. The molecule has 41 heavy (non-hydrogen) atoms. The lowest BCUT2D eigenvalue weighted by Crippen LogP contribution is -2.49. The van der Waals surface area contributed by atoms with Crippen molar-refractivity contribution < 1.29 is 32.9 Å². The molecule has 0 fully saturated rings. The third-order valence-corrected chi connectivity index (χ3v) is 6.19. The Balaban J connectivity index is 1.62. The second-order valence-corrected chi connectivity index (χ2v) is 11.4. The highest BCUT2D eigenvalue weighted by molar-refractivity contribution is 5.96. The molecule has 222 valence electrons. The first-order valence-corrected chi connectivity index (χ1v) is 13.5. The van der Waals surface area contributed by atoms with Crippen LogP contribution in [-0.2, 0) is 16.0 Å². The lowest BCUT2D eigenvalue weighted by atomic mass is 10.1. The van der Waals surface area contributed by atoms with Crippen molar-refractivity contribution in [3.8, 4) is 11.6 Å². The Morgan fingerprint density at radius 2 is 1.95 bits per heavy atom. The van der Waals surface area contributed by atoms with Gasteiger partial charge in [-0.25, -0.2) is 28.5 Å². The standard InChI is InChI=1S/C28H37FN6O6/c1-8-19-15-39-21-14-35-22(20(12-31-35)25(36)38-9-2)32-23(21)34(19)13-17-10-18(29)11-30-24(17)40-16-28(6,7)33-26(37)41-27(3,4)5/h10-12,14,19H,8-9,13,15-16H2,1-7H3,(H,33,37)/t19-/m1/s1. The predicted molar refractivity (Wildman–Crippen MR) is 148 cm³/mol. The number of aromatic nitrogens is 4. The molecule has 1 N–H and O–H groups in total. The molecule has 13 heteroatoms. The van der Waals surface area contributed by atoms with Crippen molar-refractivity contribution >= 4 is 23.5 Å². The van der Waals surface area contributed by atoms with E-state index in [1.54, 1.807) is 47.7 Å². The van der Waals surface area contributed by atoms with Crippen molar-refractivity contribution in [3.63, 3.8) is 0 Å². The summed E-state index contributed by atoms with van der Waals surface area (Å²) in [6.07, 6.45) is 4.28. The molecule has 12 nitrogen and oxygen atoms in total. The molecule has 3 aromatic heterocycles. The summed E-state index contributed by atoms with van der Waals surface area (Å²) in [5.74, 6) is 0.103. The van der Waals surface area contributed by atoms with E-state index in [9.17, 15) is 14.0 Å². The minimum atomic E-state index is -0.814. The van der Waals surface area contributed by atoms with Crippen molar-refractivity contribution in [2.24, 2.45) is 0 Å². The largest absolute Gasteiger partial charge is 0.486 e. The summed E-state index contributed by atoms with van der Waals surface area (Å²) in [7, 11) is 0. The molecule has 4 rings (SSSR count). The van der Waals surface area contributed by atoms with Crippen LogP contribution >= 0.6 is 0 Å². The SMILES string of the molecule is CCOC(=O)c1cnn2cc3c(nc12)N(Cc1cc(F)cnc1OCC(C)(C)NC(=O)OC(C)(C)C)[C@H](CC)CO3. The molecule has 1 aliphatic heterocycles. The molecule has 0 aliphatic carbocycles. The van der Waals surface area contributed by atoms with Crippen LogP contribution in [0.2, 0.25) is 0 Å². The molecule has 4 heterocycles. The van der Waals surface area contributed by atoms with Gasteiger partial charge in [0.1, 0.15) is 30.2 Å². The average molecular weight is 573 g/mol. The Hall–Kier alpha value is -4.16. The van der Waals surface area contributed by atoms with Gasteiger partial charge in [-0.05, 0) is 54.0 Å². The Morgan fingerprint density at radius 1 is 1.20 bits per heavy atom. The van der Waals surface area contributed by atoms with Crippen molar-refractivity contribution in [2.45, 2.75) is 78.6 Å². The van der Waals surface area contributed by atoms with Gasteiger partial charge in [-0.3, -0.25) is 0 Å². The molecular weight excluding hydrogens is 535 g/mol. The normalized spacial score (nSPS) is 15.2. The molecule has 0 spiro atoms. The fraction of sp³-hybridized carbons (Fsp3) is 0.536. The van der Waals surface area contributed by atoms with Crippen LogP contribution in [0, 0.1) is 5.82 Å². The van der Waals surface area contributed by atoms with E-state index >= 15 is 0 Å². The Kier molecular flexibility index (Phi) is 8.55. The maximum Gasteiger partial charge on any atom is 0.408 e. The number of amides is 1. The van der Waals surface area contributed by atoms with Crippen LogP contribution in [0.15, 0.2) is 24.7 Å². The number of carbonyl (C=O) groups is 2. The minimum absolute atomic E-state index is 0.0480. The highest BCUT2D eigenvalue weighted by atomic mass is 19.1. The number of carbonyl (C=O) groups excluding carboxylic acids is 2. The number of nitrogens with zero attached hydrogens (tertiary/aromatic N) is 5. The zero-order valence-electron chi connectivity index (χ0n) is 24.5. The summed E-state index contributed by atoms with van der Waals surface area (Å²) in [5, 5.41) is 7.02. The molecule has 0 unspecified atom stereocenters. The number of ether oxygens (including phenoxy) is 4. The summed E-state index contributed by atoms with van der Waals surface area (Å²) in [6.45, 7) is 13.5. The number of pyridine rings is 1. The summed E-state index contributed by atoms with van der Waals surface area (Å²) in [4.78, 5) is 35.7. The fourth-order valence-electron chi connectivity index (χ4n) is 4.30. The highest BCUT2D eigenvalue weighted by Gasteiger charge is 2.32. The van der Waals surface area contributed by atoms with E-state index in [0.717, 1.165) is 6.20 Å². The number of hydrogen-bond acceptors (Lipinski definition) is 10. The van der Waals surface area contributed by atoms with E-state index in [0.29, 0.717) is 35.8 Å². The van der Waals surface area contributed by atoms with Gasteiger partial charge >= 0.3 is 12.1 Å². The summed E-state index contributed by atoms with van der Waals surface area (Å²) in [5.41, 5.74) is -0.442. The first kappa shape index (κ1) is 29.8. The summed E-state index contributed by atoms with van der Waals surface area (Å²) < 4.78 is 38.4. The summed E-state index contributed by atoms with van der Waals surface area (Å²) >= 11 is 0. The second kappa shape index (κ2) is 11.8. The van der Waals surface area contributed by atoms with Gasteiger partial charge < -0.3 is 29.2 Å². The van der Waals surface area contributed by atoms with E-state index < -0.39 is 29.0 Å². The van der Waals surface area contributed by atoms with Gasteiger partial charge in [-0.15, -0.1) is 0 Å². The van der Waals surface area contributed by atoms with Crippen molar-refractivity contribution in [1.82, 2.24) is 24.9 Å². The lowest BCUT2D eigenvalue weighted by molar-refractivity contribution is 0.0438. The number of esters is 1. The first-order valence-electron chi connectivity index (χ1n) is 13.5. The van der Waals surface area contributed by atoms with Crippen LogP contribution in [0.1, 0.15) is 70.8 Å². The summed E-state index contributed by atoms with van der Waals surface area (Å²) in [6, 6.07) is 1.26. The quantitative estimate of drug-likeness (QED) is 0.371. The number of hydrogen-bond donors (Lipinski definition) is 1. The number of alkyl carbamates (subject to hydrolysis) is 1. The number of nitrogens with one attached hydrogen (secondary N) is 1. The Morgan fingerprint density at radius 3 is 2.63 bits per heavy atom. The van der Waals surface area contributed by atoms with Gasteiger partial charge in [0.15, 0.2) is 17.2 Å². The maximum absolute atomic E-state index is 14.4. The van der Waals surface area contributed by atoms with Crippen LogP contribution in [-0.4, -0.2) is 68.6 Å². The van der Waals surface area contributed by atoms with Crippen molar-refractivity contribution in [1.29, 1.82) is 0 Å². The van der Waals surface area contributed by atoms with Crippen LogP contribution in [0.25, 0.3) is 5.65 Å². The predicted octanol–water partition coefficient (Wildman–Crippen LogP) is 4.30. The van der Waals surface area contributed by atoms with E-state index in [1.165, 1.54) is 16.8 Å². The van der Waals surface area contributed by atoms with Gasteiger partial charge in [0.25, 0.3) is 0 Å². The molecule has 1 atom stereocenters. The minimum Gasteiger partial charge on any atom is -0.486 e. The smallest absolute Gasteiger partial charge is 0.408 e. The van der Waals surface area contributed by atoms with Gasteiger partial charge in [-0.1, -0.05) is 6.92 Å². The molecule has 0 radical (unpaired) electrons. The number of fused-ring (bicyclic) bond motifs is 2. The first-order chi connectivity index (χ1) is 19.3. The van der Waals surface area contributed by atoms with E-state index in [-0.39, 0.29) is 37.2 Å². The van der Waals surface area contributed by atoms with Crippen molar-refractivity contribution in [2.75, 3.05) is 24.7 Å². The maximum atomic E-state index is 14.4. The van der Waals surface area contributed by atoms with E-state index in [1.807, 2.05) is 11.8 Å². The van der Waals surface area contributed by atoms with Crippen LogP contribution < -0.4 is 19.7 Å². The molecule has 0 bridgehead atoms. The van der Waals surface area contributed by atoms with E-state index in [2.05, 4.69) is 15.4 Å². The number of halogens is 1. The Bertz CT molecular complexity index is 1420. The third-order valence-electron chi connectivity index (χ3n) is 6.19. The molecule has 1 aliphatic rings. The number of anilines is 1. The molecular formula is C28H37FN6O6. The molecule has 0 saturated heterocycles. The second-order valence-electron chi connectivity index (χ2n) is 11.4. The van der Waals surface area contributed by atoms with Gasteiger partial charge in [0.05, 0.1) is 43.3 Å². The fourth-order valence-corrected chi connectivity index (χ4v) is 4.30. The van der Waals surface area contributed by atoms with Crippen LogP contribution in [0.5, 0.6) is 11.6 Å². The lowest BCUT2D eigenvalue weighted by Gasteiger charge is -2.37. The van der Waals surface area contributed by atoms with Gasteiger partial charge in [-0.2, -0.15) is 5.10 Å². The van der Waals surface area contributed by atoms with Crippen molar-refractivity contribution in [3.05, 3.63) is 41.6 Å². The zero-order chi connectivity index (χ0) is 29.9. The highest BCUT2D eigenvalue weighted by Crippen LogP contribution is 2.36. The van der Waals surface area contributed by atoms with E-state index in [4.69, 9.17) is 23.9 Å². The average Bonchev–Trinajstić information content (AvgIpc) is 3.29. The van der Waals surface area contributed by atoms with Gasteiger partial charge in [0, 0.05) is 5.56 Å². The third kappa shape index (κ3) is 7.14. The van der Waals surface area contributed by atoms with Crippen LogP contribution in [0.4, 0.5) is 15.0 Å². The van der Waals surface area contributed by atoms with Crippen LogP contribution in [0.3, 0.4) is 0 Å². The molecule has 3 aromatic rings. The molecule has 0 saturated carbocycles. The van der Waals surface area contributed by atoms with Gasteiger partial charge in [0.2, 0.25) is 5.88 Å². The zero-order valence-corrected chi connectivity index (χ0v) is 24.5. The number of rotatable bonds is 9. The Labute approximate surface area is 238 Å². The monoisotopic (exact) mass is 572 g/mol.